The van der Waals surface area contributed by atoms with Crippen LogP contribution in [0.2, 0.25) is 0 Å². The molecule has 1 amide bonds. The molecule has 0 fully saturated rings. The van der Waals surface area contributed by atoms with Gasteiger partial charge < -0.3 is 10.4 Å². The summed E-state index contributed by atoms with van der Waals surface area (Å²) >= 11 is 1.41. The Bertz CT molecular complexity index is 285. The molecule has 0 saturated heterocycles. The Labute approximate surface area is 80.6 Å². The van der Waals surface area contributed by atoms with Gasteiger partial charge in [-0.3, -0.25) is 4.79 Å². The highest BCUT2D eigenvalue weighted by Crippen LogP contribution is 2.14. The minimum Gasteiger partial charge on any atom is -0.396 e. The zero-order valence-electron chi connectivity index (χ0n) is 7.41. The summed E-state index contributed by atoms with van der Waals surface area (Å²) in [6, 6.07) is 0. The first-order valence-electron chi connectivity index (χ1n) is 4.05. The highest BCUT2D eigenvalue weighted by Gasteiger charge is 2.03. The zero-order chi connectivity index (χ0) is 9.68. The van der Waals surface area contributed by atoms with Crippen LogP contribution in [-0.2, 0) is 4.79 Å². The van der Waals surface area contributed by atoms with Gasteiger partial charge >= 0.3 is 0 Å². The minimum atomic E-state index is -0.0941. The Hall–Kier alpha value is -0.940. The standard InChI is InChI=1S/C8H12N2O2S/c1-6-5-13-8(9-6)10-7(12)3-2-4-11/h5,11H,2-4H2,1H3,(H,9,10,12). The quantitative estimate of drug-likeness (QED) is 0.766. The summed E-state index contributed by atoms with van der Waals surface area (Å²) in [5.41, 5.74) is 0.905. The van der Waals surface area contributed by atoms with Gasteiger partial charge in [-0.25, -0.2) is 4.98 Å². The number of aryl methyl sites for hydroxylation is 1. The van der Waals surface area contributed by atoms with E-state index in [1.807, 2.05) is 12.3 Å². The number of carbonyl (C=O) groups excluding carboxylic acids is 1. The van der Waals surface area contributed by atoms with Crippen molar-refractivity contribution in [2.75, 3.05) is 11.9 Å². The number of thiazole rings is 1. The van der Waals surface area contributed by atoms with Gasteiger partial charge in [0.25, 0.3) is 0 Å². The van der Waals surface area contributed by atoms with Crippen molar-refractivity contribution in [3.63, 3.8) is 0 Å². The predicted octanol–water partition coefficient (Wildman–Crippen LogP) is 1.16. The molecule has 13 heavy (non-hydrogen) atoms. The number of rotatable bonds is 4. The van der Waals surface area contributed by atoms with E-state index < -0.39 is 0 Å². The molecule has 1 aromatic heterocycles. The number of hydrogen-bond acceptors (Lipinski definition) is 4. The molecule has 0 aromatic carbocycles. The van der Waals surface area contributed by atoms with Crippen molar-refractivity contribution < 1.29 is 9.90 Å². The third-order valence-corrected chi connectivity index (χ3v) is 2.30. The fourth-order valence-corrected chi connectivity index (χ4v) is 1.54. The number of amides is 1. The molecule has 0 radical (unpaired) electrons. The number of aromatic nitrogens is 1. The van der Waals surface area contributed by atoms with Gasteiger partial charge in [0, 0.05) is 18.4 Å². The molecule has 0 atom stereocenters. The third kappa shape index (κ3) is 3.52. The van der Waals surface area contributed by atoms with Crippen LogP contribution in [-0.4, -0.2) is 22.6 Å². The molecule has 1 aromatic rings. The van der Waals surface area contributed by atoms with E-state index in [4.69, 9.17) is 5.11 Å². The number of hydrogen-bond donors (Lipinski definition) is 2. The SMILES string of the molecule is Cc1csc(NC(=O)CCCO)n1. The largest absolute Gasteiger partial charge is 0.396 e. The molecular weight excluding hydrogens is 188 g/mol. The van der Waals surface area contributed by atoms with E-state index >= 15 is 0 Å². The van der Waals surface area contributed by atoms with Gasteiger partial charge in [0.1, 0.15) is 0 Å². The Morgan fingerprint density at radius 2 is 2.54 bits per heavy atom. The smallest absolute Gasteiger partial charge is 0.226 e. The molecule has 0 saturated carbocycles. The molecule has 0 unspecified atom stereocenters. The van der Waals surface area contributed by atoms with Crippen LogP contribution in [0.15, 0.2) is 5.38 Å². The molecule has 2 N–H and O–H groups in total. The van der Waals surface area contributed by atoms with E-state index in [9.17, 15) is 4.79 Å². The first kappa shape index (κ1) is 10.1. The van der Waals surface area contributed by atoms with Gasteiger partial charge in [0.15, 0.2) is 5.13 Å². The molecular formula is C8H12N2O2S. The molecule has 72 valence electrons. The fourth-order valence-electron chi connectivity index (χ4n) is 0.833. The normalized spacial score (nSPS) is 10.0. The maximum atomic E-state index is 11.1. The van der Waals surface area contributed by atoms with Crippen molar-refractivity contribution in [3.05, 3.63) is 11.1 Å². The maximum absolute atomic E-state index is 11.1. The molecule has 1 heterocycles. The van der Waals surface area contributed by atoms with Gasteiger partial charge in [0.05, 0.1) is 5.69 Å². The highest BCUT2D eigenvalue weighted by atomic mass is 32.1. The van der Waals surface area contributed by atoms with Crippen LogP contribution in [0.3, 0.4) is 0 Å². The van der Waals surface area contributed by atoms with E-state index in [0.717, 1.165) is 5.69 Å². The van der Waals surface area contributed by atoms with E-state index in [1.165, 1.54) is 11.3 Å². The second kappa shape index (κ2) is 4.94. The lowest BCUT2D eigenvalue weighted by Crippen LogP contribution is -2.11. The first-order chi connectivity index (χ1) is 6.22. The number of nitrogens with one attached hydrogen (secondary N) is 1. The van der Waals surface area contributed by atoms with Crippen LogP contribution in [0.4, 0.5) is 5.13 Å². The Morgan fingerprint density at radius 1 is 1.77 bits per heavy atom. The second-order valence-corrected chi connectivity index (χ2v) is 3.53. The van der Waals surface area contributed by atoms with E-state index in [1.54, 1.807) is 0 Å². The number of carbonyl (C=O) groups is 1. The highest BCUT2D eigenvalue weighted by molar-refractivity contribution is 7.13. The van der Waals surface area contributed by atoms with Crippen molar-refractivity contribution in [1.29, 1.82) is 0 Å². The number of anilines is 1. The Kier molecular flexibility index (Phi) is 3.85. The molecule has 4 nitrogen and oxygen atoms in total. The van der Waals surface area contributed by atoms with Crippen LogP contribution in [0.5, 0.6) is 0 Å². The van der Waals surface area contributed by atoms with Crippen LogP contribution in [0.1, 0.15) is 18.5 Å². The van der Waals surface area contributed by atoms with Crippen molar-refractivity contribution in [2.24, 2.45) is 0 Å². The van der Waals surface area contributed by atoms with Crippen molar-refractivity contribution in [2.45, 2.75) is 19.8 Å². The molecule has 0 aliphatic rings. The molecule has 0 aliphatic carbocycles. The monoisotopic (exact) mass is 200 g/mol. The topological polar surface area (TPSA) is 62.2 Å². The van der Waals surface area contributed by atoms with Gasteiger partial charge in [-0.05, 0) is 13.3 Å². The van der Waals surface area contributed by atoms with Gasteiger partial charge in [-0.15, -0.1) is 11.3 Å². The average molecular weight is 200 g/mol. The van der Waals surface area contributed by atoms with Crippen molar-refractivity contribution >= 4 is 22.4 Å². The summed E-state index contributed by atoms with van der Waals surface area (Å²) in [6.07, 6.45) is 0.839. The first-order valence-corrected chi connectivity index (χ1v) is 4.93. The van der Waals surface area contributed by atoms with E-state index in [-0.39, 0.29) is 12.5 Å². The van der Waals surface area contributed by atoms with Gasteiger partial charge in [0.2, 0.25) is 5.91 Å². The molecule has 0 bridgehead atoms. The summed E-state index contributed by atoms with van der Waals surface area (Å²) in [6.45, 7) is 1.92. The van der Waals surface area contributed by atoms with Crippen LogP contribution < -0.4 is 5.32 Å². The summed E-state index contributed by atoms with van der Waals surface area (Å²) in [5, 5.41) is 13.6. The van der Waals surface area contributed by atoms with Crippen molar-refractivity contribution in [3.8, 4) is 0 Å². The van der Waals surface area contributed by atoms with Crippen LogP contribution in [0, 0.1) is 6.92 Å². The molecule has 0 spiro atoms. The third-order valence-electron chi connectivity index (χ3n) is 1.43. The lowest BCUT2D eigenvalue weighted by molar-refractivity contribution is -0.116. The second-order valence-electron chi connectivity index (χ2n) is 2.67. The summed E-state index contributed by atoms with van der Waals surface area (Å²) in [7, 11) is 0. The van der Waals surface area contributed by atoms with E-state index in [2.05, 4.69) is 10.3 Å². The summed E-state index contributed by atoms with van der Waals surface area (Å²) < 4.78 is 0. The van der Waals surface area contributed by atoms with Crippen molar-refractivity contribution in [1.82, 2.24) is 4.98 Å². The van der Waals surface area contributed by atoms with E-state index in [0.29, 0.717) is 18.0 Å². The molecule has 0 aliphatic heterocycles. The van der Waals surface area contributed by atoms with Crippen LogP contribution in [0.25, 0.3) is 0 Å². The lowest BCUT2D eigenvalue weighted by atomic mass is 10.3. The molecule has 1 rings (SSSR count). The summed E-state index contributed by atoms with van der Waals surface area (Å²) in [4.78, 5) is 15.2. The van der Waals surface area contributed by atoms with Gasteiger partial charge in [-0.2, -0.15) is 0 Å². The maximum Gasteiger partial charge on any atom is 0.226 e. The van der Waals surface area contributed by atoms with Crippen LogP contribution >= 0.6 is 11.3 Å². The number of aliphatic hydroxyl groups is 1. The predicted molar refractivity (Wildman–Crippen MR) is 51.8 cm³/mol. The lowest BCUT2D eigenvalue weighted by Gasteiger charge is -1.98. The number of nitrogens with zero attached hydrogens (tertiary/aromatic N) is 1. The Balaban J connectivity index is 2.36. The Morgan fingerprint density at radius 3 is 3.08 bits per heavy atom. The number of aliphatic hydroxyl groups excluding tert-OH is 1. The molecule has 5 heteroatoms. The minimum absolute atomic E-state index is 0.0459. The fraction of sp³-hybridized carbons (Fsp3) is 0.500. The average Bonchev–Trinajstić information content (AvgIpc) is 2.48. The summed E-state index contributed by atoms with van der Waals surface area (Å²) in [5.74, 6) is -0.0941. The zero-order valence-corrected chi connectivity index (χ0v) is 8.23. The van der Waals surface area contributed by atoms with Gasteiger partial charge in [-0.1, -0.05) is 0 Å².